The first-order chi connectivity index (χ1) is 10.2. The molecule has 0 aliphatic carbocycles. The van der Waals surface area contributed by atoms with Crippen molar-refractivity contribution >= 4 is 11.6 Å². The van der Waals surface area contributed by atoms with Gasteiger partial charge in [0.1, 0.15) is 11.5 Å². The van der Waals surface area contributed by atoms with E-state index in [9.17, 15) is 4.79 Å². The van der Waals surface area contributed by atoms with E-state index in [4.69, 9.17) is 9.47 Å². The van der Waals surface area contributed by atoms with Crippen LogP contribution in [0.2, 0.25) is 0 Å². The van der Waals surface area contributed by atoms with Crippen LogP contribution in [0.1, 0.15) is 6.92 Å². The van der Waals surface area contributed by atoms with Crippen LogP contribution in [0.4, 0.5) is 5.69 Å². The van der Waals surface area contributed by atoms with Gasteiger partial charge < -0.3 is 20.1 Å². The summed E-state index contributed by atoms with van der Waals surface area (Å²) in [5.74, 6) is 1.26. The molecule has 21 heavy (non-hydrogen) atoms. The molecule has 1 aliphatic rings. The molecular weight excluding hydrogens is 270 g/mol. The lowest BCUT2D eigenvalue weighted by Gasteiger charge is -2.31. The van der Waals surface area contributed by atoms with E-state index < -0.39 is 0 Å². The minimum absolute atomic E-state index is 0.0385. The van der Waals surface area contributed by atoms with Crippen LogP contribution >= 0.6 is 0 Å². The maximum Gasteiger partial charge on any atom is 0.241 e. The Kier molecular flexibility index (Phi) is 5.41. The molecule has 2 N–H and O–H groups in total. The molecule has 116 valence electrons. The van der Waals surface area contributed by atoms with Crippen molar-refractivity contribution < 1.29 is 14.3 Å². The molecule has 0 aromatic heterocycles. The number of piperazine rings is 1. The van der Waals surface area contributed by atoms with Crippen LogP contribution in [0.15, 0.2) is 18.2 Å². The summed E-state index contributed by atoms with van der Waals surface area (Å²) in [5, 5.41) is 6.21. The number of carbonyl (C=O) groups is 1. The molecule has 1 atom stereocenters. The van der Waals surface area contributed by atoms with E-state index in [1.807, 2.05) is 6.92 Å². The number of benzene rings is 1. The molecule has 1 aromatic rings. The van der Waals surface area contributed by atoms with Gasteiger partial charge in [-0.2, -0.15) is 0 Å². The minimum Gasteiger partial charge on any atom is -0.497 e. The van der Waals surface area contributed by atoms with Gasteiger partial charge in [-0.15, -0.1) is 0 Å². The van der Waals surface area contributed by atoms with Crippen molar-refractivity contribution in [1.29, 1.82) is 0 Å². The molecule has 1 unspecified atom stereocenters. The fraction of sp³-hybridized carbons (Fsp3) is 0.533. The first-order valence-electron chi connectivity index (χ1n) is 7.13. The largest absolute Gasteiger partial charge is 0.497 e. The summed E-state index contributed by atoms with van der Waals surface area (Å²) in [6.45, 7) is 5.52. The van der Waals surface area contributed by atoms with Gasteiger partial charge in [-0.05, 0) is 19.1 Å². The van der Waals surface area contributed by atoms with Gasteiger partial charge in [-0.25, -0.2) is 0 Å². The maximum absolute atomic E-state index is 12.4. The molecule has 1 amide bonds. The van der Waals surface area contributed by atoms with Crippen molar-refractivity contribution in [2.45, 2.75) is 13.0 Å². The summed E-state index contributed by atoms with van der Waals surface area (Å²) in [6, 6.07) is 5.17. The van der Waals surface area contributed by atoms with Gasteiger partial charge in [0.2, 0.25) is 5.91 Å². The number of amides is 1. The highest BCUT2D eigenvalue weighted by molar-refractivity contribution is 5.96. The van der Waals surface area contributed by atoms with E-state index in [1.54, 1.807) is 32.4 Å². The Morgan fingerprint density at radius 3 is 2.62 bits per heavy atom. The molecular formula is C15H23N3O3. The van der Waals surface area contributed by atoms with Crippen LogP contribution in [0, 0.1) is 0 Å². The summed E-state index contributed by atoms with van der Waals surface area (Å²) in [5.41, 5.74) is 0.629. The monoisotopic (exact) mass is 293 g/mol. The van der Waals surface area contributed by atoms with Crippen molar-refractivity contribution in [3.63, 3.8) is 0 Å². The summed E-state index contributed by atoms with van der Waals surface area (Å²) in [4.78, 5) is 14.6. The summed E-state index contributed by atoms with van der Waals surface area (Å²) < 4.78 is 10.5. The zero-order chi connectivity index (χ0) is 15.2. The van der Waals surface area contributed by atoms with Crippen molar-refractivity contribution in [3.8, 4) is 11.5 Å². The second kappa shape index (κ2) is 7.28. The van der Waals surface area contributed by atoms with E-state index in [-0.39, 0.29) is 11.9 Å². The number of rotatable bonds is 5. The Balaban J connectivity index is 2.07. The van der Waals surface area contributed by atoms with Gasteiger partial charge in [0, 0.05) is 32.2 Å². The number of carbonyl (C=O) groups excluding carboxylic acids is 1. The van der Waals surface area contributed by atoms with Gasteiger partial charge in [0.15, 0.2) is 0 Å². The molecule has 2 rings (SSSR count). The number of anilines is 1. The third-order valence-electron chi connectivity index (χ3n) is 3.74. The van der Waals surface area contributed by atoms with Crippen molar-refractivity contribution in [1.82, 2.24) is 10.2 Å². The molecule has 0 radical (unpaired) electrons. The highest BCUT2D eigenvalue weighted by Gasteiger charge is 2.23. The molecule has 1 fully saturated rings. The lowest BCUT2D eigenvalue weighted by Crippen LogP contribution is -2.51. The van der Waals surface area contributed by atoms with Crippen molar-refractivity contribution in [2.75, 3.05) is 45.7 Å². The zero-order valence-corrected chi connectivity index (χ0v) is 12.8. The average Bonchev–Trinajstić information content (AvgIpc) is 2.54. The maximum atomic E-state index is 12.4. The molecule has 1 saturated heterocycles. The standard InChI is InChI=1S/C15H23N3O3/c1-11(18-8-6-16-7-9-18)15(19)17-13-10-12(20-2)4-5-14(13)21-3/h4-5,10-11,16H,6-9H2,1-3H3,(H,17,19). The molecule has 1 heterocycles. The predicted octanol–water partition coefficient (Wildman–Crippen LogP) is 0.936. The van der Waals surface area contributed by atoms with Crippen LogP contribution < -0.4 is 20.1 Å². The van der Waals surface area contributed by atoms with Gasteiger partial charge in [0.05, 0.1) is 25.9 Å². The second-order valence-electron chi connectivity index (χ2n) is 5.02. The predicted molar refractivity (Wildman–Crippen MR) is 82.1 cm³/mol. The molecule has 1 aliphatic heterocycles. The van der Waals surface area contributed by atoms with Crippen LogP contribution in [0.25, 0.3) is 0 Å². The van der Waals surface area contributed by atoms with Gasteiger partial charge in [0.25, 0.3) is 0 Å². The van der Waals surface area contributed by atoms with E-state index in [1.165, 1.54) is 0 Å². The fourth-order valence-corrected chi connectivity index (χ4v) is 2.38. The van der Waals surface area contributed by atoms with Crippen LogP contribution in [0.3, 0.4) is 0 Å². The normalized spacial score (nSPS) is 17.1. The molecule has 6 heteroatoms. The Labute approximate surface area is 125 Å². The number of ether oxygens (including phenoxy) is 2. The average molecular weight is 293 g/mol. The smallest absolute Gasteiger partial charge is 0.241 e. The SMILES string of the molecule is COc1ccc(OC)c(NC(=O)C(C)N2CCNCC2)c1. The van der Waals surface area contributed by atoms with Crippen LogP contribution in [0.5, 0.6) is 11.5 Å². The number of nitrogens with zero attached hydrogens (tertiary/aromatic N) is 1. The Morgan fingerprint density at radius 1 is 1.29 bits per heavy atom. The van der Waals surface area contributed by atoms with Crippen LogP contribution in [-0.2, 0) is 4.79 Å². The van der Waals surface area contributed by atoms with Crippen molar-refractivity contribution in [2.24, 2.45) is 0 Å². The number of nitrogens with one attached hydrogen (secondary N) is 2. The number of hydrogen-bond acceptors (Lipinski definition) is 5. The van der Waals surface area contributed by atoms with E-state index in [2.05, 4.69) is 15.5 Å². The molecule has 0 spiro atoms. The van der Waals surface area contributed by atoms with Crippen molar-refractivity contribution in [3.05, 3.63) is 18.2 Å². The van der Waals surface area contributed by atoms with Gasteiger partial charge >= 0.3 is 0 Å². The fourth-order valence-electron chi connectivity index (χ4n) is 2.38. The minimum atomic E-state index is -0.178. The van der Waals surface area contributed by atoms with E-state index in [0.29, 0.717) is 17.2 Å². The number of hydrogen-bond donors (Lipinski definition) is 2. The molecule has 0 saturated carbocycles. The lowest BCUT2D eigenvalue weighted by atomic mass is 10.2. The Hall–Kier alpha value is -1.79. The highest BCUT2D eigenvalue weighted by atomic mass is 16.5. The Morgan fingerprint density at radius 2 is 2.00 bits per heavy atom. The molecule has 1 aromatic carbocycles. The quantitative estimate of drug-likeness (QED) is 0.846. The topological polar surface area (TPSA) is 62.8 Å². The first-order valence-corrected chi connectivity index (χ1v) is 7.13. The van der Waals surface area contributed by atoms with E-state index >= 15 is 0 Å². The van der Waals surface area contributed by atoms with Crippen LogP contribution in [-0.4, -0.2) is 57.2 Å². The highest BCUT2D eigenvalue weighted by Crippen LogP contribution is 2.29. The lowest BCUT2D eigenvalue weighted by molar-refractivity contribution is -0.121. The zero-order valence-electron chi connectivity index (χ0n) is 12.8. The molecule has 6 nitrogen and oxygen atoms in total. The Bertz CT molecular complexity index is 487. The number of methoxy groups -OCH3 is 2. The molecule has 0 bridgehead atoms. The summed E-state index contributed by atoms with van der Waals surface area (Å²) in [7, 11) is 3.17. The van der Waals surface area contributed by atoms with Gasteiger partial charge in [-0.1, -0.05) is 0 Å². The third kappa shape index (κ3) is 3.86. The second-order valence-corrected chi connectivity index (χ2v) is 5.02. The first kappa shape index (κ1) is 15.6. The third-order valence-corrected chi connectivity index (χ3v) is 3.74. The summed E-state index contributed by atoms with van der Waals surface area (Å²) >= 11 is 0. The van der Waals surface area contributed by atoms with Gasteiger partial charge in [-0.3, -0.25) is 9.69 Å². The summed E-state index contributed by atoms with van der Waals surface area (Å²) in [6.07, 6.45) is 0. The van der Waals surface area contributed by atoms with E-state index in [0.717, 1.165) is 26.2 Å².